The number of carbonyl (C=O) groups excluding carboxylic acids is 8. The van der Waals surface area contributed by atoms with Crippen LogP contribution in [-0.2, 0) is 62.4 Å². The lowest BCUT2D eigenvalue weighted by Gasteiger charge is -2.29. The van der Waals surface area contributed by atoms with Crippen molar-refractivity contribution in [1.82, 2.24) is 58.5 Å². The first kappa shape index (κ1) is 86.2. The van der Waals surface area contributed by atoms with Crippen molar-refractivity contribution in [3.8, 4) is 33.4 Å². The van der Waals surface area contributed by atoms with Crippen LogP contribution in [0, 0.1) is 28.1 Å². The van der Waals surface area contributed by atoms with Gasteiger partial charge in [0.1, 0.15) is 48.3 Å². The van der Waals surface area contributed by atoms with Gasteiger partial charge in [0.2, 0.25) is 47.3 Å². The summed E-state index contributed by atoms with van der Waals surface area (Å²) in [6.45, 7) is 7.38. The highest BCUT2D eigenvalue weighted by Gasteiger charge is 2.37. The molecule has 6 rings (SSSR count). The van der Waals surface area contributed by atoms with Crippen LogP contribution in [0.2, 0.25) is 0 Å². The molecule has 8 amide bonds. The molecular weight excluding hydrogens is 1390 g/mol. The Morgan fingerprint density at radius 2 is 0.642 bits per heavy atom. The van der Waals surface area contributed by atoms with Gasteiger partial charge in [-0.2, -0.15) is 0 Å². The molecule has 25 N–H and O–H groups in total. The number of benzene rings is 6. The maximum Gasteiger partial charge on any atom is 0.326 e. The predicted molar refractivity (Wildman–Crippen MR) is 422 cm³/mol. The van der Waals surface area contributed by atoms with Crippen molar-refractivity contribution in [2.45, 2.75) is 166 Å². The Labute approximate surface area is 637 Å². The average Bonchev–Trinajstić information content (AvgIpc) is 0.834. The van der Waals surface area contributed by atoms with Gasteiger partial charge in [-0.1, -0.05) is 204 Å². The van der Waals surface area contributed by atoms with E-state index in [1.165, 1.54) is 0 Å². The summed E-state index contributed by atoms with van der Waals surface area (Å²) in [7, 11) is 0. The molecular formula is C80H109N19O10. The third-order valence-corrected chi connectivity index (χ3v) is 18.6. The molecule has 6 aromatic carbocycles. The summed E-state index contributed by atoms with van der Waals surface area (Å²) in [4.78, 5) is 131. The molecule has 0 aromatic heterocycles. The van der Waals surface area contributed by atoms with Crippen LogP contribution in [0.1, 0.15) is 109 Å². The molecule has 0 spiro atoms. The monoisotopic (exact) mass is 1500 g/mol. The molecule has 10 atom stereocenters. The van der Waals surface area contributed by atoms with Gasteiger partial charge >= 0.3 is 5.97 Å². The number of amides is 8. The number of aliphatic carboxylic acids is 1. The number of hydrogen-bond donors (Lipinski definition) is 20. The third-order valence-electron chi connectivity index (χ3n) is 18.6. The maximum absolute atomic E-state index is 15.3. The van der Waals surface area contributed by atoms with E-state index in [1.807, 2.05) is 140 Å². The molecule has 0 aliphatic rings. The Morgan fingerprint density at radius 1 is 0.358 bits per heavy atom. The molecule has 109 heavy (non-hydrogen) atoms. The number of guanidine groups is 3. The second-order valence-electron chi connectivity index (χ2n) is 27.4. The van der Waals surface area contributed by atoms with Crippen LogP contribution in [0.15, 0.2) is 164 Å². The highest BCUT2D eigenvalue weighted by atomic mass is 16.4. The molecule has 0 unspecified atom stereocenters. The number of nitrogens with two attached hydrogens (primary N) is 5. The number of carbonyl (C=O) groups is 9. The van der Waals surface area contributed by atoms with Gasteiger partial charge in [0, 0.05) is 38.9 Å². The number of unbranched alkanes of at least 4 members (excludes halogenated alkanes) is 1. The van der Waals surface area contributed by atoms with Gasteiger partial charge in [-0.3, -0.25) is 54.6 Å². The summed E-state index contributed by atoms with van der Waals surface area (Å²) in [5, 5.41) is 64.0. The largest absolute Gasteiger partial charge is 0.480 e. The van der Waals surface area contributed by atoms with Gasteiger partial charge in [-0.05, 0) is 120 Å². The predicted octanol–water partition coefficient (Wildman–Crippen LogP) is 3.63. The van der Waals surface area contributed by atoms with Crippen molar-refractivity contribution in [2.24, 2.45) is 40.5 Å². The van der Waals surface area contributed by atoms with E-state index < -0.39 is 119 Å². The number of nitrogens with one attached hydrogen (secondary N) is 14. The van der Waals surface area contributed by atoms with Crippen LogP contribution in [0.25, 0.3) is 33.4 Å². The van der Waals surface area contributed by atoms with Crippen LogP contribution < -0.4 is 87.2 Å². The van der Waals surface area contributed by atoms with Crippen LogP contribution in [0.3, 0.4) is 0 Å². The molecule has 0 saturated carbocycles. The first-order chi connectivity index (χ1) is 52.2. The fourth-order valence-corrected chi connectivity index (χ4v) is 12.1. The second kappa shape index (κ2) is 45.1. The molecule has 0 radical (unpaired) electrons. The van der Waals surface area contributed by atoms with Crippen LogP contribution in [0.4, 0.5) is 0 Å². The van der Waals surface area contributed by atoms with E-state index >= 15 is 14.4 Å². The van der Waals surface area contributed by atoms with Gasteiger partial charge < -0.3 is 92.3 Å². The minimum absolute atomic E-state index is 0.0342. The quantitative estimate of drug-likeness (QED) is 0.0147. The number of hydrogen-bond acceptors (Lipinski definition) is 14. The minimum Gasteiger partial charge on any atom is -0.480 e. The molecule has 29 heteroatoms. The van der Waals surface area contributed by atoms with E-state index in [9.17, 15) is 33.9 Å². The van der Waals surface area contributed by atoms with E-state index in [1.54, 1.807) is 52.0 Å². The van der Waals surface area contributed by atoms with E-state index in [-0.39, 0.29) is 102 Å². The third kappa shape index (κ3) is 29.5. The van der Waals surface area contributed by atoms with Gasteiger partial charge in [0.25, 0.3) is 0 Å². The molecule has 0 fully saturated rings. The Kier molecular flexibility index (Phi) is 35.6. The summed E-state index contributed by atoms with van der Waals surface area (Å²) in [6, 6.07) is 38.5. The standard InChI is InChI=1S/C80H109N19O10/c1-5-50(4)68(77(108)109)99-75(106)66(48-53-34-40-59(41-35-53)56-24-13-8-14-25-56)97-72(103)63(29-19-45-91-80(87)88)94-76(107)67(49(2)3)98-74(105)65(47-52-32-38-58(39-33-52)55-22-11-7-12-23-55)96-71(102)62(28-18-44-90-79(85)86)92-70(101)61(27-17-43-89-78(83)84)93-73(104)64(95-69(100)60(82)26-15-16-42-81)46-51-30-36-57(37-31-51)54-20-9-6-10-21-54/h6-14,20-25,30-41,49-50,60-68H,5,15-19,26-29,42-48,81-82H2,1-4H3,(H,92,101)(H,93,104)(H,94,107)(H,95,100)(H,96,102)(H,97,103)(H,98,105)(H,99,106)(H,108,109)(H4,83,84,89)(H4,85,86,90)(H4,87,88,91)/t50-,60-,61-,62-,63-,64-,65-,66-,67-,68-/m0/s1. The van der Waals surface area contributed by atoms with Crippen LogP contribution in [-0.4, -0.2) is 157 Å². The maximum atomic E-state index is 15.3. The van der Waals surface area contributed by atoms with E-state index in [2.05, 4.69) is 58.5 Å². The highest BCUT2D eigenvalue weighted by molar-refractivity contribution is 5.98. The van der Waals surface area contributed by atoms with Crippen LogP contribution in [0.5, 0.6) is 0 Å². The first-order valence-electron chi connectivity index (χ1n) is 37.0. The number of rotatable bonds is 45. The van der Waals surface area contributed by atoms with E-state index in [0.717, 1.165) is 33.4 Å². The lowest BCUT2D eigenvalue weighted by atomic mass is 9.97. The molecule has 584 valence electrons. The smallest absolute Gasteiger partial charge is 0.326 e. The lowest BCUT2D eigenvalue weighted by Crippen LogP contribution is -2.61. The Bertz CT molecular complexity index is 3950. The van der Waals surface area contributed by atoms with Gasteiger partial charge in [-0.15, -0.1) is 0 Å². The summed E-state index contributed by atoms with van der Waals surface area (Å²) < 4.78 is 0. The highest BCUT2D eigenvalue weighted by Crippen LogP contribution is 2.24. The van der Waals surface area contributed by atoms with Crippen molar-refractivity contribution in [3.63, 3.8) is 0 Å². The lowest BCUT2D eigenvalue weighted by molar-refractivity contribution is -0.144. The molecule has 0 heterocycles. The Balaban J connectivity index is 1.33. The fraction of sp³-hybridized carbons (Fsp3) is 0.400. The van der Waals surface area contributed by atoms with Crippen molar-refractivity contribution in [3.05, 3.63) is 180 Å². The molecule has 0 bridgehead atoms. The molecule has 0 aliphatic heterocycles. The first-order valence-corrected chi connectivity index (χ1v) is 37.0. The summed E-state index contributed by atoms with van der Waals surface area (Å²) >= 11 is 0. The second-order valence-corrected chi connectivity index (χ2v) is 27.4. The van der Waals surface area contributed by atoms with Crippen molar-refractivity contribution >= 4 is 71.1 Å². The fourth-order valence-electron chi connectivity index (χ4n) is 12.1. The van der Waals surface area contributed by atoms with Crippen molar-refractivity contribution in [1.29, 1.82) is 16.2 Å². The van der Waals surface area contributed by atoms with Gasteiger partial charge in [-0.25, -0.2) is 4.79 Å². The molecule has 29 nitrogen and oxygen atoms in total. The van der Waals surface area contributed by atoms with Gasteiger partial charge in [0.05, 0.1) is 6.04 Å². The van der Waals surface area contributed by atoms with Crippen molar-refractivity contribution in [2.75, 3.05) is 26.2 Å². The Hall–Kier alpha value is -11.7. The molecule has 0 aliphatic carbocycles. The topological polar surface area (TPSA) is 508 Å². The zero-order valence-corrected chi connectivity index (χ0v) is 62.5. The molecule has 6 aromatic rings. The zero-order valence-electron chi connectivity index (χ0n) is 62.5. The SMILES string of the molecule is CC[C@H](C)[C@H](NC(=O)[C@H](Cc1ccc(-c2ccccc2)cc1)NC(=O)[C@H](CCCNC(=N)N)NC(=O)[C@@H](NC(=O)[C@H](Cc1ccc(-c2ccccc2)cc1)NC(=O)[C@H](CCCNC(=N)N)NC(=O)[C@H](CCCNC(=N)N)NC(=O)[C@H](Cc1ccc(-c2ccccc2)cc1)NC(=O)[C@@H](N)CCCCN)C(C)C)C(=O)O. The van der Waals surface area contributed by atoms with E-state index in [4.69, 9.17) is 44.9 Å². The van der Waals surface area contributed by atoms with Crippen LogP contribution >= 0.6 is 0 Å². The molecule has 0 saturated heterocycles. The minimum atomic E-state index is -1.50. The summed E-state index contributed by atoms with van der Waals surface area (Å²) in [6.07, 6.45) is 1.61. The normalized spacial score (nSPS) is 13.8. The number of carboxylic acids is 1. The zero-order chi connectivity index (χ0) is 79.4. The van der Waals surface area contributed by atoms with Crippen molar-refractivity contribution < 1.29 is 48.3 Å². The Morgan fingerprint density at radius 3 is 0.945 bits per heavy atom. The summed E-state index contributed by atoms with van der Waals surface area (Å²) in [5.74, 6) is -10.0. The van der Waals surface area contributed by atoms with E-state index in [0.29, 0.717) is 42.5 Å². The average molecular weight is 1500 g/mol. The van der Waals surface area contributed by atoms with Gasteiger partial charge in [0.15, 0.2) is 17.9 Å². The number of carboxylic acid groups (broad SMARTS) is 1. The summed E-state index contributed by atoms with van der Waals surface area (Å²) in [5.41, 5.74) is 36.2.